The fourth-order valence-corrected chi connectivity index (χ4v) is 5.88. The van der Waals surface area contributed by atoms with E-state index in [1.165, 1.54) is 51.4 Å². The van der Waals surface area contributed by atoms with E-state index < -0.39 is 9.84 Å². The lowest BCUT2D eigenvalue weighted by molar-refractivity contribution is 0.141. The number of rotatable bonds is 4. The van der Waals surface area contributed by atoms with Gasteiger partial charge in [0.2, 0.25) is 0 Å². The lowest BCUT2D eigenvalue weighted by Crippen LogP contribution is -2.46. The second-order valence-electron chi connectivity index (χ2n) is 7.55. The Morgan fingerprint density at radius 2 is 1.88 bits per heavy atom. The van der Waals surface area contributed by atoms with Crippen molar-refractivity contribution < 1.29 is 8.42 Å². The van der Waals surface area contributed by atoms with E-state index in [4.69, 9.17) is 0 Å². The maximum Gasteiger partial charge on any atom is 0.188 e. The normalized spacial score (nSPS) is 20.7. The quantitative estimate of drug-likeness (QED) is 0.794. The molecule has 0 atom stereocenters. The molecule has 142 valence electrons. The van der Waals surface area contributed by atoms with Crippen molar-refractivity contribution in [3.63, 3.8) is 0 Å². The fraction of sp³-hybridized carbons (Fsp3) is 0.667. The third-order valence-electron chi connectivity index (χ3n) is 5.36. The zero-order chi connectivity index (χ0) is 18.1. The Bertz CT molecular complexity index is 866. The molecule has 2 aromatic heterocycles. The molecule has 2 aliphatic heterocycles. The van der Waals surface area contributed by atoms with Crippen LogP contribution < -0.4 is 4.90 Å². The zero-order valence-electron chi connectivity index (χ0n) is 15.2. The third-order valence-corrected chi connectivity index (χ3v) is 7.27. The maximum atomic E-state index is 11.5. The van der Waals surface area contributed by atoms with Crippen molar-refractivity contribution in [3.8, 4) is 0 Å². The molecule has 0 N–H and O–H groups in total. The number of hydrogen-bond donors (Lipinski definition) is 0. The first-order valence-corrected chi connectivity index (χ1v) is 12.3. The Labute approximate surface area is 159 Å². The maximum absolute atomic E-state index is 11.5. The molecule has 4 rings (SSSR count). The summed E-state index contributed by atoms with van der Waals surface area (Å²) in [6, 6.07) is 2.64. The second kappa shape index (κ2) is 7.40. The molecule has 0 saturated carbocycles. The first-order valence-electron chi connectivity index (χ1n) is 9.40. The summed E-state index contributed by atoms with van der Waals surface area (Å²) in [5, 5.41) is 1.01. The lowest BCUT2D eigenvalue weighted by Gasteiger charge is -2.40. The summed E-state index contributed by atoms with van der Waals surface area (Å²) in [5.74, 6) is 0.0321. The predicted molar refractivity (Wildman–Crippen MR) is 107 cm³/mol. The van der Waals surface area contributed by atoms with E-state index in [2.05, 4.69) is 19.8 Å². The smallest absolute Gasteiger partial charge is 0.188 e. The number of piperidine rings is 2. The average Bonchev–Trinajstić information content (AvgIpc) is 3.04. The largest absolute Gasteiger partial charge is 0.348 e. The van der Waals surface area contributed by atoms with E-state index in [-0.39, 0.29) is 5.75 Å². The van der Waals surface area contributed by atoms with Crippen molar-refractivity contribution in [1.29, 1.82) is 0 Å². The van der Waals surface area contributed by atoms with E-state index in [1.807, 2.05) is 6.07 Å². The van der Waals surface area contributed by atoms with Gasteiger partial charge >= 0.3 is 0 Å². The van der Waals surface area contributed by atoms with Gasteiger partial charge in [-0.05, 0) is 50.4 Å². The highest BCUT2D eigenvalue weighted by Crippen LogP contribution is 2.31. The highest BCUT2D eigenvalue weighted by Gasteiger charge is 2.27. The van der Waals surface area contributed by atoms with Gasteiger partial charge in [0, 0.05) is 31.6 Å². The molecule has 0 amide bonds. The van der Waals surface area contributed by atoms with E-state index >= 15 is 0 Å². The first-order chi connectivity index (χ1) is 12.5. The van der Waals surface area contributed by atoms with Crippen LogP contribution >= 0.6 is 11.3 Å². The highest BCUT2D eigenvalue weighted by atomic mass is 32.2. The topological polar surface area (TPSA) is 66.4 Å². The summed E-state index contributed by atoms with van der Waals surface area (Å²) in [4.78, 5) is 14.1. The molecule has 0 bridgehead atoms. The summed E-state index contributed by atoms with van der Waals surface area (Å²) in [7, 11) is -3.05. The van der Waals surface area contributed by atoms with Crippen LogP contribution in [0.15, 0.2) is 12.3 Å². The van der Waals surface area contributed by atoms with Gasteiger partial charge in [-0.3, -0.25) is 0 Å². The number of fused-ring (bicyclic) bond motifs is 1. The van der Waals surface area contributed by atoms with Crippen LogP contribution in [0.25, 0.3) is 10.3 Å². The number of sulfone groups is 1. The SMILES string of the molecule is CS(=O)(=O)Cc1cnc2nc(N3CCC(N4CCCCC4)CC3)sc2c1. The molecular weight excluding hydrogens is 368 g/mol. The number of hydrogen-bond acceptors (Lipinski definition) is 7. The van der Waals surface area contributed by atoms with Gasteiger partial charge in [0.1, 0.15) is 0 Å². The van der Waals surface area contributed by atoms with Crippen LogP contribution in [0.5, 0.6) is 0 Å². The Kier molecular flexibility index (Phi) is 5.16. The number of likely N-dealkylation sites (tertiary alicyclic amines) is 1. The number of aromatic nitrogens is 2. The summed E-state index contributed by atoms with van der Waals surface area (Å²) in [5.41, 5.74) is 1.46. The van der Waals surface area contributed by atoms with Crippen LogP contribution in [0.1, 0.15) is 37.7 Å². The van der Waals surface area contributed by atoms with E-state index in [9.17, 15) is 8.42 Å². The molecule has 4 heterocycles. The molecule has 0 aromatic carbocycles. The van der Waals surface area contributed by atoms with Crippen molar-refractivity contribution in [2.24, 2.45) is 0 Å². The standard InChI is InChI=1S/C18H26N4O2S2/c1-26(23,24)13-14-11-16-17(19-12-14)20-18(25-16)22-9-5-15(6-10-22)21-7-3-2-4-8-21/h11-12,15H,2-10,13H2,1H3. The highest BCUT2D eigenvalue weighted by molar-refractivity contribution is 7.89. The van der Waals surface area contributed by atoms with Crippen molar-refractivity contribution in [2.45, 2.75) is 43.9 Å². The van der Waals surface area contributed by atoms with Gasteiger partial charge in [-0.2, -0.15) is 4.98 Å². The molecule has 2 aromatic rings. The lowest BCUT2D eigenvalue weighted by atomic mass is 10.0. The molecule has 2 fully saturated rings. The number of pyridine rings is 1. The molecule has 0 radical (unpaired) electrons. The minimum atomic E-state index is -3.05. The van der Waals surface area contributed by atoms with Gasteiger partial charge in [-0.15, -0.1) is 0 Å². The van der Waals surface area contributed by atoms with Crippen LogP contribution in [0.2, 0.25) is 0 Å². The molecule has 26 heavy (non-hydrogen) atoms. The molecular formula is C18H26N4O2S2. The second-order valence-corrected chi connectivity index (χ2v) is 10.7. The monoisotopic (exact) mass is 394 g/mol. The molecule has 2 saturated heterocycles. The van der Waals surface area contributed by atoms with Crippen LogP contribution in [-0.2, 0) is 15.6 Å². The average molecular weight is 395 g/mol. The molecule has 0 aliphatic carbocycles. The van der Waals surface area contributed by atoms with Crippen LogP contribution in [-0.4, -0.2) is 61.8 Å². The van der Waals surface area contributed by atoms with Crippen molar-refractivity contribution >= 4 is 36.7 Å². The van der Waals surface area contributed by atoms with E-state index in [0.717, 1.165) is 40.2 Å². The van der Waals surface area contributed by atoms with Gasteiger partial charge in [-0.25, -0.2) is 13.4 Å². The van der Waals surface area contributed by atoms with Crippen LogP contribution in [0.3, 0.4) is 0 Å². The van der Waals surface area contributed by atoms with Gasteiger partial charge in [0.25, 0.3) is 0 Å². The summed E-state index contributed by atoms with van der Waals surface area (Å²) >= 11 is 1.62. The Morgan fingerprint density at radius 3 is 2.58 bits per heavy atom. The van der Waals surface area contributed by atoms with Gasteiger partial charge in [0.15, 0.2) is 20.6 Å². The van der Waals surface area contributed by atoms with Gasteiger partial charge in [-0.1, -0.05) is 17.8 Å². The summed E-state index contributed by atoms with van der Waals surface area (Å²) < 4.78 is 24.0. The zero-order valence-corrected chi connectivity index (χ0v) is 16.9. The van der Waals surface area contributed by atoms with Crippen LogP contribution in [0, 0.1) is 0 Å². The number of nitrogens with zero attached hydrogens (tertiary/aromatic N) is 4. The van der Waals surface area contributed by atoms with Crippen molar-refractivity contribution in [3.05, 3.63) is 17.8 Å². The predicted octanol–water partition coefficient (Wildman–Crippen LogP) is 2.69. The molecule has 0 spiro atoms. The Balaban J connectivity index is 1.44. The minimum absolute atomic E-state index is 0.0321. The van der Waals surface area contributed by atoms with Gasteiger partial charge in [0.05, 0.1) is 10.5 Å². The summed E-state index contributed by atoms with van der Waals surface area (Å²) in [6.45, 7) is 4.60. The van der Waals surface area contributed by atoms with E-state index in [1.54, 1.807) is 17.5 Å². The van der Waals surface area contributed by atoms with Crippen molar-refractivity contribution in [2.75, 3.05) is 37.3 Å². The molecule has 8 heteroatoms. The van der Waals surface area contributed by atoms with Crippen molar-refractivity contribution in [1.82, 2.24) is 14.9 Å². The third kappa shape index (κ3) is 4.18. The summed E-state index contributed by atoms with van der Waals surface area (Å²) in [6.07, 6.45) is 9.36. The van der Waals surface area contributed by atoms with Crippen LogP contribution in [0.4, 0.5) is 5.13 Å². The minimum Gasteiger partial charge on any atom is -0.348 e. The molecule has 2 aliphatic rings. The Morgan fingerprint density at radius 1 is 1.15 bits per heavy atom. The number of thiazole rings is 1. The molecule has 6 nitrogen and oxygen atoms in total. The molecule has 0 unspecified atom stereocenters. The Hall–Kier alpha value is -1.25. The van der Waals surface area contributed by atoms with Gasteiger partial charge < -0.3 is 9.80 Å². The number of anilines is 1. The van der Waals surface area contributed by atoms with E-state index in [0.29, 0.717) is 0 Å². The first kappa shape index (κ1) is 18.1. The fourth-order valence-electron chi connectivity index (χ4n) is 4.07.